The van der Waals surface area contributed by atoms with E-state index in [0.717, 1.165) is 25.0 Å². The smallest absolute Gasteiger partial charge is 0.381 e. The summed E-state index contributed by atoms with van der Waals surface area (Å²) in [5, 5.41) is 4.81. The van der Waals surface area contributed by atoms with Gasteiger partial charge in [0.05, 0.1) is 5.56 Å². The van der Waals surface area contributed by atoms with Crippen LogP contribution in [-0.2, 0) is 16.3 Å². The van der Waals surface area contributed by atoms with Gasteiger partial charge in [0.1, 0.15) is 0 Å². The van der Waals surface area contributed by atoms with Crippen LogP contribution in [0.1, 0.15) is 33.6 Å². The molecular weight excluding hydrogens is 351 g/mol. The summed E-state index contributed by atoms with van der Waals surface area (Å²) >= 11 is 1.63. The van der Waals surface area contributed by atoms with Crippen molar-refractivity contribution >= 4 is 17.2 Å². The number of hydrogen-bond donors (Lipinski definition) is 1. The summed E-state index contributed by atoms with van der Waals surface area (Å²) in [6, 6.07) is 8.49. The van der Waals surface area contributed by atoms with E-state index in [9.17, 15) is 18.0 Å². The minimum absolute atomic E-state index is 0.0169. The molecule has 134 valence electrons. The number of alkyl halides is 3. The molecule has 0 bridgehead atoms. The number of carbonyl (C=O) groups excluding carboxylic acids is 1. The molecule has 25 heavy (non-hydrogen) atoms. The topological polar surface area (TPSA) is 38.3 Å². The van der Waals surface area contributed by atoms with Gasteiger partial charge in [-0.2, -0.15) is 13.2 Å². The van der Waals surface area contributed by atoms with E-state index in [0.29, 0.717) is 19.8 Å². The predicted molar refractivity (Wildman–Crippen MR) is 89.8 cm³/mol. The third-order valence-corrected chi connectivity index (χ3v) is 5.65. The van der Waals surface area contributed by atoms with Crippen LogP contribution in [0.5, 0.6) is 0 Å². The Morgan fingerprint density at radius 3 is 2.60 bits per heavy atom. The minimum Gasteiger partial charge on any atom is -0.381 e. The van der Waals surface area contributed by atoms with Crippen molar-refractivity contribution in [2.24, 2.45) is 0 Å². The van der Waals surface area contributed by atoms with Gasteiger partial charge in [0, 0.05) is 35.6 Å². The van der Waals surface area contributed by atoms with Gasteiger partial charge in [-0.15, -0.1) is 11.3 Å². The van der Waals surface area contributed by atoms with Crippen molar-refractivity contribution in [1.82, 2.24) is 5.32 Å². The Morgan fingerprint density at radius 2 is 1.96 bits per heavy atom. The number of rotatable bonds is 4. The molecule has 0 aliphatic carbocycles. The zero-order valence-corrected chi connectivity index (χ0v) is 14.3. The summed E-state index contributed by atoms with van der Waals surface area (Å²) in [6.45, 7) is 1.60. The second kappa shape index (κ2) is 7.17. The summed E-state index contributed by atoms with van der Waals surface area (Å²) < 4.78 is 43.9. The molecule has 0 radical (unpaired) electrons. The molecule has 1 aromatic carbocycles. The monoisotopic (exact) mass is 369 g/mol. The number of ether oxygens (including phenoxy) is 1. The lowest BCUT2D eigenvalue weighted by molar-refractivity contribution is -0.137. The van der Waals surface area contributed by atoms with Crippen LogP contribution in [0.15, 0.2) is 41.8 Å². The minimum atomic E-state index is -4.46. The van der Waals surface area contributed by atoms with Crippen molar-refractivity contribution in [3.8, 4) is 0 Å². The molecular formula is C18H18F3NO2S. The molecule has 2 aromatic rings. The van der Waals surface area contributed by atoms with E-state index < -0.39 is 17.6 Å². The normalized spacial score (nSPS) is 17.2. The predicted octanol–water partition coefficient (Wildman–Crippen LogP) is 4.25. The van der Waals surface area contributed by atoms with Crippen LogP contribution in [-0.4, -0.2) is 25.7 Å². The van der Waals surface area contributed by atoms with Crippen LogP contribution < -0.4 is 5.32 Å². The zero-order valence-electron chi connectivity index (χ0n) is 13.4. The van der Waals surface area contributed by atoms with Crippen molar-refractivity contribution < 1.29 is 22.7 Å². The first-order valence-electron chi connectivity index (χ1n) is 7.98. The highest BCUT2D eigenvalue weighted by molar-refractivity contribution is 7.10. The van der Waals surface area contributed by atoms with Gasteiger partial charge in [0.25, 0.3) is 5.91 Å². The van der Waals surface area contributed by atoms with Crippen molar-refractivity contribution in [1.29, 1.82) is 0 Å². The van der Waals surface area contributed by atoms with Gasteiger partial charge < -0.3 is 10.1 Å². The highest BCUT2D eigenvalue weighted by Gasteiger charge is 2.36. The van der Waals surface area contributed by atoms with Crippen LogP contribution in [0, 0.1) is 0 Å². The van der Waals surface area contributed by atoms with Gasteiger partial charge in [0.2, 0.25) is 0 Å². The van der Waals surface area contributed by atoms with E-state index in [2.05, 4.69) is 5.32 Å². The molecule has 1 fully saturated rings. The number of amides is 1. The van der Waals surface area contributed by atoms with Crippen molar-refractivity contribution in [3.05, 3.63) is 57.8 Å². The lowest BCUT2D eigenvalue weighted by Crippen LogP contribution is -2.44. The quantitative estimate of drug-likeness (QED) is 0.875. The maximum Gasteiger partial charge on any atom is 0.416 e. The third kappa shape index (κ3) is 4.04. The van der Waals surface area contributed by atoms with E-state index in [-0.39, 0.29) is 11.0 Å². The van der Waals surface area contributed by atoms with Crippen LogP contribution in [0.25, 0.3) is 0 Å². The molecule has 1 aliphatic rings. The Morgan fingerprint density at radius 1 is 1.20 bits per heavy atom. The molecule has 1 aliphatic heterocycles. The Labute approximate surface area is 147 Å². The molecule has 0 saturated carbocycles. The van der Waals surface area contributed by atoms with Crippen LogP contribution in [0.3, 0.4) is 0 Å². The molecule has 1 aromatic heterocycles. The number of nitrogens with one attached hydrogen (secondary N) is 1. The molecule has 0 spiro atoms. The number of carbonyl (C=O) groups is 1. The van der Waals surface area contributed by atoms with Gasteiger partial charge in [-0.3, -0.25) is 4.79 Å². The molecule has 0 atom stereocenters. The van der Waals surface area contributed by atoms with Crippen molar-refractivity contribution in [2.45, 2.75) is 24.4 Å². The molecule has 0 unspecified atom stereocenters. The van der Waals surface area contributed by atoms with Crippen LogP contribution in [0.4, 0.5) is 13.2 Å². The van der Waals surface area contributed by atoms with E-state index in [4.69, 9.17) is 4.74 Å². The molecule has 7 heteroatoms. The number of hydrogen-bond acceptors (Lipinski definition) is 3. The molecule has 2 heterocycles. The Hall–Kier alpha value is -1.86. The van der Waals surface area contributed by atoms with E-state index in [1.54, 1.807) is 11.3 Å². The SMILES string of the molecule is O=C(NCC1(c2cccs2)CCOCC1)c1cccc(C(F)(F)F)c1. The standard InChI is InChI=1S/C18H18F3NO2S/c19-18(20,21)14-4-1-3-13(11-14)16(23)22-12-17(6-8-24-9-7-17)15-5-2-10-25-15/h1-5,10-11H,6-9,12H2,(H,22,23). The maximum atomic E-state index is 12.8. The fourth-order valence-corrected chi connectivity index (χ4v) is 4.03. The Bertz CT molecular complexity index is 722. The first-order chi connectivity index (χ1) is 11.9. The van der Waals surface area contributed by atoms with E-state index in [1.165, 1.54) is 17.0 Å². The summed E-state index contributed by atoms with van der Waals surface area (Å²) in [5.41, 5.74) is -1.02. The first kappa shape index (κ1) is 17.9. The highest BCUT2D eigenvalue weighted by atomic mass is 32.1. The van der Waals surface area contributed by atoms with Gasteiger partial charge in [-0.1, -0.05) is 12.1 Å². The molecule has 1 amide bonds. The fourth-order valence-electron chi connectivity index (χ4n) is 3.04. The number of thiophene rings is 1. The lowest BCUT2D eigenvalue weighted by Gasteiger charge is -2.36. The molecule has 3 rings (SSSR count). The summed E-state index contributed by atoms with van der Waals surface area (Å²) in [7, 11) is 0. The second-order valence-electron chi connectivity index (χ2n) is 6.13. The first-order valence-corrected chi connectivity index (χ1v) is 8.86. The van der Waals surface area contributed by atoms with E-state index >= 15 is 0 Å². The second-order valence-corrected chi connectivity index (χ2v) is 7.08. The molecule has 1 N–H and O–H groups in total. The largest absolute Gasteiger partial charge is 0.416 e. The van der Waals surface area contributed by atoms with Crippen LogP contribution in [0.2, 0.25) is 0 Å². The van der Waals surface area contributed by atoms with Gasteiger partial charge in [-0.05, 0) is 42.5 Å². The van der Waals surface area contributed by atoms with E-state index in [1.807, 2.05) is 17.5 Å². The van der Waals surface area contributed by atoms with Gasteiger partial charge >= 0.3 is 6.18 Å². The average Bonchev–Trinajstić information content (AvgIpc) is 3.15. The number of benzene rings is 1. The summed E-state index contributed by atoms with van der Waals surface area (Å²) in [4.78, 5) is 13.5. The fraction of sp³-hybridized carbons (Fsp3) is 0.389. The summed E-state index contributed by atoms with van der Waals surface area (Å²) in [6.07, 6.45) is -2.91. The number of halogens is 3. The molecule has 3 nitrogen and oxygen atoms in total. The third-order valence-electron chi connectivity index (χ3n) is 4.53. The zero-order chi connectivity index (χ0) is 17.9. The van der Waals surface area contributed by atoms with Crippen molar-refractivity contribution in [3.63, 3.8) is 0 Å². The highest BCUT2D eigenvalue weighted by Crippen LogP contribution is 2.37. The lowest BCUT2D eigenvalue weighted by atomic mass is 9.78. The van der Waals surface area contributed by atoms with Crippen LogP contribution >= 0.6 is 11.3 Å². The average molecular weight is 369 g/mol. The molecule has 1 saturated heterocycles. The maximum absolute atomic E-state index is 12.8. The summed E-state index contributed by atoms with van der Waals surface area (Å²) in [5.74, 6) is -0.492. The van der Waals surface area contributed by atoms with Gasteiger partial charge in [0.15, 0.2) is 0 Å². The van der Waals surface area contributed by atoms with Crippen molar-refractivity contribution in [2.75, 3.05) is 19.8 Å². The van der Waals surface area contributed by atoms with Gasteiger partial charge in [-0.25, -0.2) is 0 Å². The Kier molecular flexibility index (Phi) is 5.15. The Balaban J connectivity index is 1.74.